The Hall–Kier alpha value is -3.42. The van der Waals surface area contributed by atoms with Crippen LogP contribution in [0.5, 0.6) is 0 Å². The number of benzene rings is 2. The highest BCUT2D eigenvalue weighted by Crippen LogP contribution is 2.23. The molecule has 3 rings (SSSR count). The average molecular weight is 361 g/mol. The zero-order chi connectivity index (χ0) is 18.7. The van der Waals surface area contributed by atoms with Gasteiger partial charge in [-0.1, -0.05) is 6.07 Å². The molecule has 132 valence electrons. The molecule has 0 saturated heterocycles. The number of anilines is 3. The highest BCUT2D eigenvalue weighted by molar-refractivity contribution is 6.04. The standard InChI is InChI=1S/C18H11F4N3O/c19-13-5-4-11(7-16(13)22)25-18(26)10-6-12(9-23-8-10)24-17-14(20)2-1-3-15(17)21/h1-9,24H,(H,25,26). The molecule has 0 bridgehead atoms. The number of nitrogens with one attached hydrogen (secondary N) is 2. The monoisotopic (exact) mass is 361 g/mol. The minimum Gasteiger partial charge on any atom is -0.349 e. The summed E-state index contributed by atoms with van der Waals surface area (Å²) in [5.74, 6) is -4.40. The lowest BCUT2D eigenvalue weighted by molar-refractivity contribution is 0.102. The van der Waals surface area contributed by atoms with Gasteiger partial charge in [-0.3, -0.25) is 9.78 Å². The molecule has 1 amide bonds. The third kappa shape index (κ3) is 3.80. The summed E-state index contributed by atoms with van der Waals surface area (Å²) in [6, 6.07) is 7.60. The van der Waals surface area contributed by atoms with Crippen molar-refractivity contribution in [3.8, 4) is 0 Å². The Morgan fingerprint density at radius 3 is 2.23 bits per heavy atom. The molecule has 2 N–H and O–H groups in total. The van der Waals surface area contributed by atoms with Gasteiger partial charge in [-0.15, -0.1) is 0 Å². The number of aromatic nitrogens is 1. The lowest BCUT2D eigenvalue weighted by Crippen LogP contribution is -2.13. The fourth-order valence-electron chi connectivity index (χ4n) is 2.17. The topological polar surface area (TPSA) is 54.0 Å². The molecule has 0 saturated carbocycles. The summed E-state index contributed by atoms with van der Waals surface area (Å²) in [6.07, 6.45) is 2.50. The molecule has 3 aromatic rings. The van der Waals surface area contributed by atoms with Crippen molar-refractivity contribution in [3.05, 3.63) is 83.7 Å². The van der Waals surface area contributed by atoms with Gasteiger partial charge in [0.05, 0.1) is 17.4 Å². The van der Waals surface area contributed by atoms with Crippen molar-refractivity contribution in [2.24, 2.45) is 0 Å². The summed E-state index contributed by atoms with van der Waals surface area (Å²) in [5, 5.41) is 4.89. The second-order valence-corrected chi connectivity index (χ2v) is 5.27. The van der Waals surface area contributed by atoms with E-state index in [0.29, 0.717) is 0 Å². The summed E-state index contributed by atoms with van der Waals surface area (Å²) < 4.78 is 53.5. The van der Waals surface area contributed by atoms with Gasteiger partial charge in [-0.2, -0.15) is 0 Å². The van der Waals surface area contributed by atoms with E-state index in [9.17, 15) is 22.4 Å². The maximum atomic E-state index is 13.7. The van der Waals surface area contributed by atoms with Crippen molar-refractivity contribution in [1.82, 2.24) is 4.98 Å². The van der Waals surface area contributed by atoms with Gasteiger partial charge >= 0.3 is 0 Å². The van der Waals surface area contributed by atoms with E-state index < -0.39 is 29.2 Å². The fourth-order valence-corrected chi connectivity index (χ4v) is 2.17. The van der Waals surface area contributed by atoms with Crippen LogP contribution in [0.4, 0.5) is 34.6 Å². The molecule has 0 spiro atoms. The number of hydrogen-bond acceptors (Lipinski definition) is 3. The van der Waals surface area contributed by atoms with E-state index in [1.54, 1.807) is 0 Å². The van der Waals surface area contributed by atoms with Crippen LogP contribution < -0.4 is 10.6 Å². The molecule has 0 fully saturated rings. The van der Waals surface area contributed by atoms with Gasteiger partial charge in [-0.25, -0.2) is 17.6 Å². The number of rotatable bonds is 4. The Morgan fingerprint density at radius 1 is 0.808 bits per heavy atom. The molecule has 1 heterocycles. The number of carbonyl (C=O) groups is 1. The summed E-state index contributed by atoms with van der Waals surface area (Å²) in [4.78, 5) is 16.0. The summed E-state index contributed by atoms with van der Waals surface area (Å²) >= 11 is 0. The van der Waals surface area contributed by atoms with Gasteiger partial charge in [0.1, 0.15) is 17.3 Å². The first kappa shape index (κ1) is 17.4. The first-order chi connectivity index (χ1) is 12.4. The summed E-state index contributed by atoms with van der Waals surface area (Å²) in [6.45, 7) is 0. The number of halogens is 4. The Bertz CT molecular complexity index is 958. The molecule has 0 aliphatic heterocycles. The van der Waals surface area contributed by atoms with Crippen LogP contribution in [0.2, 0.25) is 0 Å². The Kier molecular flexibility index (Phi) is 4.83. The lowest BCUT2D eigenvalue weighted by atomic mass is 10.2. The summed E-state index contributed by atoms with van der Waals surface area (Å²) in [5.41, 5.74) is -0.108. The first-order valence-corrected chi connectivity index (χ1v) is 7.36. The predicted octanol–water partition coefficient (Wildman–Crippen LogP) is 4.63. The normalized spacial score (nSPS) is 10.5. The number of pyridine rings is 1. The molecule has 0 unspecified atom stereocenters. The lowest BCUT2D eigenvalue weighted by Gasteiger charge is -2.10. The quantitative estimate of drug-likeness (QED) is 0.666. The van der Waals surface area contributed by atoms with Crippen LogP contribution in [-0.4, -0.2) is 10.9 Å². The van der Waals surface area contributed by atoms with E-state index in [0.717, 1.165) is 24.3 Å². The minimum absolute atomic E-state index is 0.0485. The molecule has 26 heavy (non-hydrogen) atoms. The van der Waals surface area contributed by atoms with Crippen LogP contribution in [0.15, 0.2) is 54.9 Å². The van der Waals surface area contributed by atoms with Crippen molar-refractivity contribution in [2.45, 2.75) is 0 Å². The highest BCUT2D eigenvalue weighted by Gasteiger charge is 2.12. The van der Waals surface area contributed by atoms with Crippen LogP contribution in [-0.2, 0) is 0 Å². The van der Waals surface area contributed by atoms with Crippen molar-refractivity contribution < 1.29 is 22.4 Å². The maximum Gasteiger partial charge on any atom is 0.257 e. The third-order valence-corrected chi connectivity index (χ3v) is 3.41. The fraction of sp³-hybridized carbons (Fsp3) is 0. The van der Waals surface area contributed by atoms with Gasteiger partial charge in [0, 0.05) is 18.0 Å². The Morgan fingerprint density at radius 2 is 1.54 bits per heavy atom. The molecule has 1 aromatic heterocycles. The molecule has 0 atom stereocenters. The SMILES string of the molecule is O=C(Nc1ccc(F)c(F)c1)c1cncc(Nc2c(F)cccc2F)c1. The van der Waals surface area contributed by atoms with E-state index >= 15 is 0 Å². The van der Waals surface area contributed by atoms with Gasteiger partial charge in [0.25, 0.3) is 5.91 Å². The van der Waals surface area contributed by atoms with E-state index in [2.05, 4.69) is 15.6 Å². The van der Waals surface area contributed by atoms with Gasteiger partial charge in [0.15, 0.2) is 11.6 Å². The molecular formula is C18H11F4N3O. The summed E-state index contributed by atoms with van der Waals surface area (Å²) in [7, 11) is 0. The number of hydrogen-bond donors (Lipinski definition) is 2. The number of carbonyl (C=O) groups excluding carboxylic acids is 1. The second-order valence-electron chi connectivity index (χ2n) is 5.27. The van der Waals surface area contributed by atoms with E-state index in [1.165, 1.54) is 30.6 Å². The smallest absolute Gasteiger partial charge is 0.257 e. The number of nitrogens with zero attached hydrogens (tertiary/aromatic N) is 1. The minimum atomic E-state index is -1.11. The highest BCUT2D eigenvalue weighted by atomic mass is 19.2. The Labute approximate surface area is 145 Å². The van der Waals surface area contributed by atoms with E-state index in [-0.39, 0.29) is 22.6 Å². The number of amides is 1. The van der Waals surface area contributed by atoms with Crippen LogP contribution >= 0.6 is 0 Å². The van der Waals surface area contributed by atoms with Crippen LogP contribution in [0.1, 0.15) is 10.4 Å². The maximum absolute atomic E-state index is 13.7. The number of para-hydroxylation sites is 1. The molecule has 0 aliphatic carbocycles. The zero-order valence-corrected chi connectivity index (χ0v) is 13.1. The Balaban J connectivity index is 1.80. The molecular weight excluding hydrogens is 350 g/mol. The van der Waals surface area contributed by atoms with Crippen molar-refractivity contribution >= 4 is 23.0 Å². The van der Waals surface area contributed by atoms with E-state index in [4.69, 9.17) is 0 Å². The van der Waals surface area contributed by atoms with Crippen molar-refractivity contribution in [1.29, 1.82) is 0 Å². The van der Waals surface area contributed by atoms with E-state index in [1.807, 2.05) is 0 Å². The van der Waals surface area contributed by atoms with Gasteiger partial charge in [-0.05, 0) is 30.3 Å². The van der Waals surface area contributed by atoms with Crippen LogP contribution in [0.3, 0.4) is 0 Å². The second kappa shape index (κ2) is 7.22. The molecule has 0 aliphatic rings. The molecule has 4 nitrogen and oxygen atoms in total. The molecule has 2 aromatic carbocycles. The van der Waals surface area contributed by atoms with Gasteiger partial charge in [0.2, 0.25) is 0 Å². The van der Waals surface area contributed by atoms with Crippen LogP contribution in [0, 0.1) is 23.3 Å². The molecule has 0 radical (unpaired) electrons. The first-order valence-electron chi connectivity index (χ1n) is 7.36. The van der Waals surface area contributed by atoms with Crippen molar-refractivity contribution in [3.63, 3.8) is 0 Å². The molecule has 8 heteroatoms. The average Bonchev–Trinajstić information content (AvgIpc) is 2.62. The predicted molar refractivity (Wildman–Crippen MR) is 88.2 cm³/mol. The van der Waals surface area contributed by atoms with Crippen molar-refractivity contribution in [2.75, 3.05) is 10.6 Å². The van der Waals surface area contributed by atoms with Crippen LogP contribution in [0.25, 0.3) is 0 Å². The third-order valence-electron chi connectivity index (χ3n) is 3.41. The largest absolute Gasteiger partial charge is 0.349 e. The van der Waals surface area contributed by atoms with Gasteiger partial charge < -0.3 is 10.6 Å². The zero-order valence-electron chi connectivity index (χ0n) is 13.1.